The molecule has 0 aliphatic carbocycles. The molecule has 1 aliphatic rings. The lowest BCUT2D eigenvalue weighted by molar-refractivity contribution is -0.121. The summed E-state index contributed by atoms with van der Waals surface area (Å²) in [5, 5.41) is 0. The molecular formula is C9H18N4O2. The minimum absolute atomic E-state index is 0.165. The number of rotatable bonds is 3. The molecule has 1 heterocycles. The summed E-state index contributed by atoms with van der Waals surface area (Å²) in [6, 6.07) is -0.612. The van der Waals surface area contributed by atoms with E-state index in [-0.39, 0.29) is 6.03 Å². The minimum atomic E-state index is -0.447. The molecule has 1 rings (SSSR count). The summed E-state index contributed by atoms with van der Waals surface area (Å²) < 4.78 is 0. The molecule has 0 aromatic rings. The van der Waals surface area contributed by atoms with E-state index in [1.54, 1.807) is 7.05 Å². The van der Waals surface area contributed by atoms with Gasteiger partial charge in [0.15, 0.2) is 0 Å². The fourth-order valence-corrected chi connectivity index (χ4v) is 1.80. The Morgan fingerprint density at radius 1 is 1.53 bits per heavy atom. The smallest absolute Gasteiger partial charge is 0.320 e. The van der Waals surface area contributed by atoms with Gasteiger partial charge in [0.2, 0.25) is 5.91 Å². The SMILES string of the molecule is CN(CCN)C(=O)N1CCCC1C(N)=O. The Hall–Kier alpha value is -1.30. The van der Waals surface area contributed by atoms with Crippen molar-refractivity contribution < 1.29 is 9.59 Å². The molecule has 0 aromatic carbocycles. The second-order valence-electron chi connectivity index (χ2n) is 3.75. The molecule has 0 radical (unpaired) electrons. The van der Waals surface area contributed by atoms with Crippen molar-refractivity contribution in [3.8, 4) is 0 Å². The number of amides is 3. The first kappa shape index (κ1) is 11.8. The number of nitrogens with zero attached hydrogens (tertiary/aromatic N) is 2. The van der Waals surface area contributed by atoms with Crippen molar-refractivity contribution in [1.82, 2.24) is 9.80 Å². The lowest BCUT2D eigenvalue weighted by atomic mass is 10.2. The van der Waals surface area contributed by atoms with Crippen LogP contribution in [0, 0.1) is 0 Å². The Balaban J connectivity index is 2.62. The van der Waals surface area contributed by atoms with Crippen molar-refractivity contribution in [2.45, 2.75) is 18.9 Å². The molecule has 86 valence electrons. The third-order valence-electron chi connectivity index (χ3n) is 2.62. The number of hydrogen-bond donors (Lipinski definition) is 2. The number of hydrogen-bond acceptors (Lipinski definition) is 3. The van der Waals surface area contributed by atoms with Gasteiger partial charge in [-0.1, -0.05) is 0 Å². The molecule has 0 spiro atoms. The van der Waals surface area contributed by atoms with E-state index < -0.39 is 11.9 Å². The predicted octanol–water partition coefficient (Wildman–Crippen LogP) is -1.05. The zero-order chi connectivity index (χ0) is 11.4. The average molecular weight is 214 g/mol. The summed E-state index contributed by atoms with van der Waals surface area (Å²) in [7, 11) is 1.67. The largest absolute Gasteiger partial charge is 0.368 e. The maximum atomic E-state index is 11.8. The molecule has 0 saturated carbocycles. The van der Waals surface area contributed by atoms with E-state index in [9.17, 15) is 9.59 Å². The molecule has 6 heteroatoms. The van der Waals surface area contributed by atoms with Crippen molar-refractivity contribution >= 4 is 11.9 Å². The number of primary amides is 1. The molecule has 1 fully saturated rings. The lowest BCUT2D eigenvalue weighted by Gasteiger charge is -2.27. The number of carbonyl (C=O) groups excluding carboxylic acids is 2. The van der Waals surface area contributed by atoms with E-state index in [1.807, 2.05) is 0 Å². The first-order chi connectivity index (χ1) is 7.07. The van der Waals surface area contributed by atoms with Crippen molar-refractivity contribution in [2.75, 3.05) is 26.7 Å². The third kappa shape index (κ3) is 2.59. The number of urea groups is 1. The molecule has 4 N–H and O–H groups in total. The van der Waals surface area contributed by atoms with E-state index in [4.69, 9.17) is 11.5 Å². The summed E-state index contributed by atoms with van der Waals surface area (Å²) in [6.07, 6.45) is 1.49. The number of carbonyl (C=O) groups is 2. The van der Waals surface area contributed by atoms with Crippen LogP contribution in [0.15, 0.2) is 0 Å². The van der Waals surface area contributed by atoms with Crippen LogP contribution >= 0.6 is 0 Å². The third-order valence-corrected chi connectivity index (χ3v) is 2.62. The van der Waals surface area contributed by atoms with Crippen LogP contribution in [0.5, 0.6) is 0 Å². The van der Waals surface area contributed by atoms with E-state index in [2.05, 4.69) is 0 Å². The van der Waals surface area contributed by atoms with Gasteiger partial charge in [0.1, 0.15) is 6.04 Å². The average Bonchev–Trinajstić information content (AvgIpc) is 2.65. The first-order valence-electron chi connectivity index (χ1n) is 5.09. The molecule has 6 nitrogen and oxygen atoms in total. The van der Waals surface area contributed by atoms with Gasteiger partial charge in [-0.2, -0.15) is 0 Å². The monoisotopic (exact) mass is 214 g/mol. The molecular weight excluding hydrogens is 196 g/mol. The minimum Gasteiger partial charge on any atom is -0.368 e. The Bertz CT molecular complexity index is 256. The maximum Gasteiger partial charge on any atom is 0.320 e. The van der Waals surface area contributed by atoms with E-state index >= 15 is 0 Å². The summed E-state index contributed by atoms with van der Waals surface area (Å²) in [5.74, 6) is -0.429. The highest BCUT2D eigenvalue weighted by Gasteiger charge is 2.33. The van der Waals surface area contributed by atoms with Crippen LogP contribution in [0.4, 0.5) is 4.79 Å². The quantitative estimate of drug-likeness (QED) is 0.627. The van der Waals surface area contributed by atoms with Gasteiger partial charge >= 0.3 is 6.03 Å². The van der Waals surface area contributed by atoms with Crippen molar-refractivity contribution in [3.63, 3.8) is 0 Å². The second-order valence-corrected chi connectivity index (χ2v) is 3.75. The predicted molar refractivity (Wildman–Crippen MR) is 56.0 cm³/mol. The van der Waals surface area contributed by atoms with Crippen molar-refractivity contribution in [1.29, 1.82) is 0 Å². The van der Waals surface area contributed by atoms with Gasteiger partial charge in [0.05, 0.1) is 0 Å². The molecule has 1 saturated heterocycles. The number of nitrogens with two attached hydrogens (primary N) is 2. The van der Waals surface area contributed by atoms with Crippen LogP contribution < -0.4 is 11.5 Å². The van der Waals surface area contributed by atoms with Crippen LogP contribution in [0.1, 0.15) is 12.8 Å². The van der Waals surface area contributed by atoms with Crippen LogP contribution in [-0.2, 0) is 4.79 Å². The fourth-order valence-electron chi connectivity index (χ4n) is 1.80. The highest BCUT2D eigenvalue weighted by Crippen LogP contribution is 2.18. The maximum absolute atomic E-state index is 11.8. The second kappa shape index (κ2) is 4.97. The molecule has 0 bridgehead atoms. The number of likely N-dealkylation sites (tertiary alicyclic amines) is 1. The van der Waals surface area contributed by atoms with Gasteiger partial charge in [0, 0.05) is 26.7 Å². The van der Waals surface area contributed by atoms with E-state index in [1.165, 1.54) is 9.80 Å². The van der Waals surface area contributed by atoms with Gasteiger partial charge in [-0.3, -0.25) is 4.79 Å². The van der Waals surface area contributed by atoms with Crippen LogP contribution in [0.25, 0.3) is 0 Å². The van der Waals surface area contributed by atoms with E-state index in [0.29, 0.717) is 26.1 Å². The van der Waals surface area contributed by atoms with Crippen molar-refractivity contribution in [2.24, 2.45) is 11.5 Å². The molecule has 15 heavy (non-hydrogen) atoms. The van der Waals surface area contributed by atoms with Crippen LogP contribution in [0.2, 0.25) is 0 Å². The van der Waals surface area contributed by atoms with Gasteiger partial charge in [-0.25, -0.2) is 4.79 Å². The zero-order valence-corrected chi connectivity index (χ0v) is 8.98. The van der Waals surface area contributed by atoms with Gasteiger partial charge in [-0.05, 0) is 12.8 Å². The topological polar surface area (TPSA) is 92.7 Å². The molecule has 1 aliphatic heterocycles. The standard InChI is InChI=1S/C9H18N4O2/c1-12(6-4-10)9(15)13-5-2-3-7(13)8(11)14/h7H,2-6,10H2,1H3,(H2,11,14). The fraction of sp³-hybridized carbons (Fsp3) is 0.778. The Kier molecular flexibility index (Phi) is 3.90. The summed E-state index contributed by atoms with van der Waals surface area (Å²) in [6.45, 7) is 1.50. The Labute approximate surface area is 89.2 Å². The van der Waals surface area contributed by atoms with E-state index in [0.717, 1.165) is 6.42 Å². The van der Waals surface area contributed by atoms with Crippen molar-refractivity contribution in [3.05, 3.63) is 0 Å². The first-order valence-corrected chi connectivity index (χ1v) is 5.09. The van der Waals surface area contributed by atoms with Gasteiger partial charge in [-0.15, -0.1) is 0 Å². The van der Waals surface area contributed by atoms with Crippen LogP contribution in [0.3, 0.4) is 0 Å². The summed E-state index contributed by atoms with van der Waals surface area (Å²) in [5.41, 5.74) is 10.6. The zero-order valence-electron chi connectivity index (χ0n) is 8.98. The normalized spacial score (nSPS) is 20.4. The molecule has 1 atom stereocenters. The highest BCUT2D eigenvalue weighted by molar-refractivity contribution is 5.86. The molecule has 3 amide bonds. The Morgan fingerprint density at radius 3 is 2.73 bits per heavy atom. The lowest BCUT2D eigenvalue weighted by Crippen LogP contribution is -2.49. The van der Waals surface area contributed by atoms with Gasteiger partial charge in [0.25, 0.3) is 0 Å². The molecule has 1 unspecified atom stereocenters. The summed E-state index contributed by atoms with van der Waals surface area (Å²) >= 11 is 0. The highest BCUT2D eigenvalue weighted by atomic mass is 16.2. The number of likely N-dealkylation sites (N-methyl/N-ethyl adjacent to an activating group) is 1. The van der Waals surface area contributed by atoms with Crippen LogP contribution in [-0.4, -0.2) is 54.5 Å². The molecule has 0 aromatic heterocycles. The summed E-state index contributed by atoms with van der Waals surface area (Å²) in [4.78, 5) is 26.0. The van der Waals surface area contributed by atoms with Gasteiger partial charge < -0.3 is 21.3 Å². The Morgan fingerprint density at radius 2 is 2.20 bits per heavy atom.